The number of carbonyl (C=O) groups excluding carboxylic acids is 1. The molecule has 1 fully saturated rings. The van der Waals surface area contributed by atoms with E-state index in [0.717, 1.165) is 18.4 Å². The Labute approximate surface area is 142 Å². The first-order valence-electron chi connectivity index (χ1n) is 7.83. The predicted octanol–water partition coefficient (Wildman–Crippen LogP) is 3.99. The van der Waals surface area contributed by atoms with Gasteiger partial charge in [-0.2, -0.15) is 10.5 Å². The van der Waals surface area contributed by atoms with Gasteiger partial charge >= 0.3 is 5.97 Å². The van der Waals surface area contributed by atoms with Gasteiger partial charge < -0.3 is 4.74 Å². The molecule has 1 aromatic rings. The summed E-state index contributed by atoms with van der Waals surface area (Å²) >= 11 is 0. The smallest absolute Gasteiger partial charge is 0.337 e. The molecule has 4 heteroatoms. The number of hydrogen-bond donors (Lipinski definition) is 0. The van der Waals surface area contributed by atoms with Gasteiger partial charge in [0.2, 0.25) is 0 Å². The van der Waals surface area contributed by atoms with Crippen LogP contribution in [0.3, 0.4) is 0 Å². The molecule has 0 amide bonds. The third-order valence-electron chi connectivity index (χ3n) is 4.96. The minimum absolute atomic E-state index is 0.0180. The minimum atomic E-state index is -1.19. The van der Waals surface area contributed by atoms with Crippen molar-refractivity contribution in [3.63, 3.8) is 0 Å². The van der Waals surface area contributed by atoms with Crippen LogP contribution in [0, 0.1) is 39.9 Å². The van der Waals surface area contributed by atoms with Gasteiger partial charge in [0.15, 0.2) is 5.41 Å². The fourth-order valence-electron chi connectivity index (χ4n) is 3.68. The summed E-state index contributed by atoms with van der Waals surface area (Å²) < 4.78 is 4.71. The second-order valence-corrected chi connectivity index (χ2v) is 6.00. The van der Waals surface area contributed by atoms with E-state index in [0.29, 0.717) is 5.56 Å². The maximum absolute atomic E-state index is 11.6. The zero-order chi connectivity index (χ0) is 17.7. The van der Waals surface area contributed by atoms with Gasteiger partial charge in [0.1, 0.15) is 0 Å². The second kappa shape index (κ2) is 7.15. The topological polar surface area (TPSA) is 73.9 Å². The summed E-state index contributed by atoms with van der Waals surface area (Å²) in [5.74, 6) is -0.909. The van der Waals surface area contributed by atoms with Gasteiger partial charge in [-0.05, 0) is 36.5 Å². The molecule has 122 valence electrons. The van der Waals surface area contributed by atoms with Crippen LogP contribution < -0.4 is 0 Å². The standard InChI is InChI=1S/C20H20N2O2/c1-4-14-10-11-17(5-2)20(12-21,13-22)18(14)15-6-8-16(9-7-15)19(23)24-3/h4-9,14,17-18H,1-2,10-11H2,3H3/t14-,17-,18+/m1/s1. The van der Waals surface area contributed by atoms with Gasteiger partial charge in [-0.15, -0.1) is 13.2 Å². The molecule has 1 saturated carbocycles. The number of rotatable bonds is 4. The molecule has 0 bridgehead atoms. The molecule has 3 atom stereocenters. The average molecular weight is 320 g/mol. The first-order chi connectivity index (χ1) is 11.6. The summed E-state index contributed by atoms with van der Waals surface area (Å²) in [4.78, 5) is 11.6. The maximum Gasteiger partial charge on any atom is 0.337 e. The maximum atomic E-state index is 11.6. The Bertz CT molecular complexity index is 707. The number of hydrogen-bond acceptors (Lipinski definition) is 4. The Kier molecular flexibility index (Phi) is 5.21. The molecular formula is C20H20N2O2. The third-order valence-corrected chi connectivity index (χ3v) is 4.96. The monoisotopic (exact) mass is 320 g/mol. The lowest BCUT2D eigenvalue weighted by Gasteiger charge is -2.43. The van der Waals surface area contributed by atoms with Crippen LogP contribution in [-0.4, -0.2) is 13.1 Å². The quantitative estimate of drug-likeness (QED) is 0.621. The Balaban J connectivity index is 2.55. The van der Waals surface area contributed by atoms with Gasteiger partial charge in [0, 0.05) is 11.8 Å². The molecule has 0 spiro atoms. The number of esters is 1. The van der Waals surface area contributed by atoms with E-state index in [9.17, 15) is 15.3 Å². The molecule has 0 unspecified atom stereocenters. The van der Waals surface area contributed by atoms with Crippen molar-refractivity contribution in [2.75, 3.05) is 7.11 Å². The summed E-state index contributed by atoms with van der Waals surface area (Å²) in [7, 11) is 1.33. The van der Waals surface area contributed by atoms with E-state index in [2.05, 4.69) is 25.3 Å². The normalized spacial score (nSPS) is 24.9. The lowest BCUT2D eigenvalue weighted by atomic mass is 9.56. The van der Waals surface area contributed by atoms with Crippen LogP contribution in [-0.2, 0) is 4.74 Å². The Morgan fingerprint density at radius 1 is 1.21 bits per heavy atom. The zero-order valence-electron chi connectivity index (χ0n) is 13.7. The van der Waals surface area contributed by atoms with Crippen LogP contribution in [0.25, 0.3) is 0 Å². The van der Waals surface area contributed by atoms with E-state index < -0.39 is 11.4 Å². The fourth-order valence-corrected chi connectivity index (χ4v) is 3.68. The van der Waals surface area contributed by atoms with Gasteiger partial charge in [0.05, 0.1) is 24.8 Å². The number of nitrogens with zero attached hydrogens (tertiary/aromatic N) is 2. The predicted molar refractivity (Wildman–Crippen MR) is 90.8 cm³/mol. The van der Waals surface area contributed by atoms with Crippen molar-refractivity contribution < 1.29 is 9.53 Å². The van der Waals surface area contributed by atoms with Gasteiger partial charge in [-0.3, -0.25) is 0 Å². The SMILES string of the molecule is C=C[C@@H]1CC[C@@H](C=C)C(C#N)(C#N)[C@@H]1c1ccc(C(=O)OC)cc1. The zero-order valence-corrected chi connectivity index (χ0v) is 13.7. The molecule has 24 heavy (non-hydrogen) atoms. The summed E-state index contributed by atoms with van der Waals surface area (Å²) in [5.41, 5.74) is 0.0974. The lowest BCUT2D eigenvalue weighted by molar-refractivity contribution is 0.0600. The third kappa shape index (κ3) is 2.72. The first-order valence-corrected chi connectivity index (χ1v) is 7.83. The molecule has 1 aromatic carbocycles. The highest BCUT2D eigenvalue weighted by atomic mass is 16.5. The summed E-state index contributed by atoms with van der Waals surface area (Å²) in [5, 5.41) is 19.7. The van der Waals surface area contributed by atoms with Crippen molar-refractivity contribution >= 4 is 5.97 Å². The molecule has 0 aliphatic heterocycles. The number of methoxy groups -OCH3 is 1. The number of ether oxygens (including phenoxy) is 1. The Morgan fingerprint density at radius 3 is 2.29 bits per heavy atom. The number of allylic oxidation sites excluding steroid dienone is 2. The van der Waals surface area contributed by atoms with E-state index in [1.54, 1.807) is 30.3 Å². The summed E-state index contributed by atoms with van der Waals surface area (Å²) in [6.07, 6.45) is 5.11. The molecule has 0 radical (unpaired) electrons. The van der Waals surface area contributed by atoms with Crippen molar-refractivity contribution in [2.24, 2.45) is 17.3 Å². The van der Waals surface area contributed by atoms with Crippen molar-refractivity contribution in [1.82, 2.24) is 0 Å². The summed E-state index contributed by atoms with van der Waals surface area (Å²) in [6.45, 7) is 7.70. The van der Waals surface area contributed by atoms with Gasteiger partial charge in [0.25, 0.3) is 0 Å². The van der Waals surface area contributed by atoms with Crippen LogP contribution in [0.4, 0.5) is 0 Å². The van der Waals surface area contributed by atoms with Crippen LogP contribution in [0.1, 0.15) is 34.7 Å². The Morgan fingerprint density at radius 2 is 1.83 bits per heavy atom. The van der Waals surface area contributed by atoms with Crippen molar-refractivity contribution in [3.05, 3.63) is 60.7 Å². The van der Waals surface area contributed by atoms with Crippen molar-refractivity contribution in [1.29, 1.82) is 10.5 Å². The van der Waals surface area contributed by atoms with Crippen LogP contribution in [0.2, 0.25) is 0 Å². The minimum Gasteiger partial charge on any atom is -0.465 e. The first kappa shape index (κ1) is 17.5. The van der Waals surface area contributed by atoms with E-state index in [1.165, 1.54) is 7.11 Å². The second-order valence-electron chi connectivity index (χ2n) is 6.00. The van der Waals surface area contributed by atoms with Crippen LogP contribution >= 0.6 is 0 Å². The Hall–Kier alpha value is -2.85. The number of benzene rings is 1. The van der Waals surface area contributed by atoms with E-state index in [4.69, 9.17) is 4.74 Å². The van der Waals surface area contributed by atoms with E-state index >= 15 is 0 Å². The summed E-state index contributed by atoms with van der Waals surface area (Å²) in [6, 6.07) is 11.4. The average Bonchev–Trinajstić information content (AvgIpc) is 2.65. The van der Waals surface area contributed by atoms with Crippen molar-refractivity contribution in [2.45, 2.75) is 18.8 Å². The molecule has 0 aromatic heterocycles. The van der Waals surface area contributed by atoms with E-state index in [1.807, 2.05) is 6.08 Å². The van der Waals surface area contributed by atoms with Gasteiger partial charge in [-0.1, -0.05) is 24.3 Å². The lowest BCUT2D eigenvalue weighted by Crippen LogP contribution is -2.41. The fraction of sp³-hybridized carbons (Fsp3) is 0.350. The van der Waals surface area contributed by atoms with Crippen LogP contribution in [0.5, 0.6) is 0 Å². The molecule has 0 N–H and O–H groups in total. The van der Waals surface area contributed by atoms with Crippen LogP contribution in [0.15, 0.2) is 49.6 Å². The molecule has 1 aliphatic carbocycles. The number of carbonyl (C=O) groups is 1. The highest BCUT2D eigenvalue weighted by molar-refractivity contribution is 5.89. The molecule has 0 saturated heterocycles. The largest absolute Gasteiger partial charge is 0.465 e. The highest BCUT2D eigenvalue weighted by Gasteiger charge is 2.51. The number of nitriles is 2. The highest BCUT2D eigenvalue weighted by Crippen LogP contribution is 2.53. The molecule has 2 rings (SSSR count). The van der Waals surface area contributed by atoms with Crippen molar-refractivity contribution in [3.8, 4) is 12.1 Å². The molecule has 1 aliphatic rings. The van der Waals surface area contributed by atoms with Gasteiger partial charge in [-0.25, -0.2) is 4.79 Å². The molecule has 4 nitrogen and oxygen atoms in total. The van der Waals surface area contributed by atoms with E-state index in [-0.39, 0.29) is 17.8 Å². The molecular weight excluding hydrogens is 300 g/mol. The molecule has 0 heterocycles.